The summed E-state index contributed by atoms with van der Waals surface area (Å²) in [5.74, 6) is 0.858. The third kappa shape index (κ3) is 2.65. The first-order valence-corrected chi connectivity index (χ1v) is 7.37. The molecular formula is C9H8BrN2O2S2-. The van der Waals surface area contributed by atoms with Crippen molar-refractivity contribution < 1.29 is 8.76 Å². The molecule has 2 atom stereocenters. The Morgan fingerprint density at radius 1 is 1.62 bits per heavy atom. The van der Waals surface area contributed by atoms with Crippen LogP contribution in [-0.2, 0) is 11.3 Å². The van der Waals surface area contributed by atoms with E-state index in [4.69, 9.17) is 0 Å². The van der Waals surface area contributed by atoms with Gasteiger partial charge in [-0.25, -0.2) is 0 Å². The fourth-order valence-corrected chi connectivity index (χ4v) is 3.33. The fraction of sp³-hybridized carbons (Fsp3) is 0.222. The van der Waals surface area contributed by atoms with Crippen molar-refractivity contribution in [3.05, 3.63) is 28.2 Å². The second-order valence-corrected chi connectivity index (χ2v) is 5.70. The molecule has 1 aliphatic rings. The topological polar surface area (TPSA) is 64.5 Å². The molecule has 2 rings (SSSR count). The van der Waals surface area contributed by atoms with Crippen molar-refractivity contribution in [1.82, 2.24) is 0 Å². The molecule has 1 aliphatic heterocycles. The van der Waals surface area contributed by atoms with E-state index < -0.39 is 11.3 Å². The average Bonchev–Trinajstić information content (AvgIpc) is 2.73. The Bertz CT molecular complexity index is 453. The Kier molecular flexibility index (Phi) is 4.01. The summed E-state index contributed by atoms with van der Waals surface area (Å²) in [6.45, 7) is 0. The van der Waals surface area contributed by atoms with Gasteiger partial charge in [0.25, 0.3) is 0 Å². The first-order valence-electron chi connectivity index (χ1n) is 4.46. The zero-order valence-corrected chi connectivity index (χ0v) is 11.3. The van der Waals surface area contributed by atoms with E-state index in [1.807, 2.05) is 18.3 Å². The number of para-hydroxylation sites is 1. The van der Waals surface area contributed by atoms with Crippen molar-refractivity contribution in [2.24, 2.45) is 4.99 Å². The Morgan fingerprint density at radius 2 is 2.44 bits per heavy atom. The third-order valence-corrected chi connectivity index (χ3v) is 4.13. The van der Waals surface area contributed by atoms with Gasteiger partial charge < -0.3 is 9.27 Å². The Morgan fingerprint density at radius 3 is 3.06 bits per heavy atom. The van der Waals surface area contributed by atoms with Crippen LogP contribution < -0.4 is 4.72 Å². The molecule has 0 bridgehead atoms. The van der Waals surface area contributed by atoms with Gasteiger partial charge in [-0.1, -0.05) is 12.1 Å². The number of benzene rings is 1. The molecule has 0 saturated heterocycles. The number of anilines is 1. The van der Waals surface area contributed by atoms with Crippen molar-refractivity contribution in [1.29, 1.82) is 0 Å². The summed E-state index contributed by atoms with van der Waals surface area (Å²) in [6.07, 6.45) is 1.84. The highest BCUT2D eigenvalue weighted by molar-refractivity contribution is 9.10. The van der Waals surface area contributed by atoms with Crippen molar-refractivity contribution in [3.63, 3.8) is 0 Å². The molecule has 0 fully saturated rings. The van der Waals surface area contributed by atoms with Gasteiger partial charge in [-0.2, -0.15) is 0 Å². The normalized spacial score (nSPS) is 21.0. The quantitative estimate of drug-likeness (QED) is 0.870. The fourth-order valence-electron chi connectivity index (χ4n) is 1.42. The monoisotopic (exact) mass is 319 g/mol. The Hall–Kier alpha value is -0.370. The van der Waals surface area contributed by atoms with Crippen LogP contribution in [0.25, 0.3) is 0 Å². The molecule has 7 heteroatoms. The molecule has 1 aromatic rings. The summed E-state index contributed by atoms with van der Waals surface area (Å²) in [4.78, 5) is 4.29. The number of hydrogen-bond acceptors (Lipinski definition) is 4. The lowest BCUT2D eigenvalue weighted by Crippen LogP contribution is -2.06. The van der Waals surface area contributed by atoms with E-state index in [1.54, 1.807) is 17.8 Å². The van der Waals surface area contributed by atoms with Crippen LogP contribution in [0.1, 0.15) is 10.9 Å². The van der Waals surface area contributed by atoms with Gasteiger partial charge in [-0.15, -0.1) is 11.8 Å². The van der Waals surface area contributed by atoms with Crippen molar-refractivity contribution in [2.45, 2.75) is 5.37 Å². The SMILES string of the molecule is O=S([O-])Nc1c(Br)cccc1C1N=CCS1. The van der Waals surface area contributed by atoms with Gasteiger partial charge in [-0.3, -0.25) is 9.20 Å². The third-order valence-electron chi connectivity index (χ3n) is 2.07. The first-order chi connectivity index (χ1) is 7.68. The molecule has 0 aromatic heterocycles. The highest BCUT2D eigenvalue weighted by Gasteiger charge is 2.18. The van der Waals surface area contributed by atoms with Crippen LogP contribution in [0.15, 0.2) is 27.7 Å². The van der Waals surface area contributed by atoms with Crippen LogP contribution in [0, 0.1) is 0 Å². The Balaban J connectivity index is 2.38. The number of aliphatic imine (C=N–C) groups is 1. The highest BCUT2D eigenvalue weighted by Crippen LogP contribution is 2.40. The number of hydrogen-bond donors (Lipinski definition) is 1. The lowest BCUT2D eigenvalue weighted by molar-refractivity contribution is 0.542. The van der Waals surface area contributed by atoms with Crippen molar-refractivity contribution in [2.75, 3.05) is 10.5 Å². The standard InChI is InChI=1S/C9H9BrN2O2S2/c10-7-3-1-2-6(8(7)12-16(13)14)9-11-4-5-15-9/h1-4,9,12H,5H2,(H,13,14)/p-1. The molecule has 1 aromatic carbocycles. The first kappa shape index (κ1) is 12.1. The number of rotatable bonds is 3. The summed E-state index contributed by atoms with van der Waals surface area (Å²) >= 11 is 2.66. The maximum atomic E-state index is 10.7. The van der Waals surface area contributed by atoms with Crippen LogP contribution in [0.4, 0.5) is 5.69 Å². The lowest BCUT2D eigenvalue weighted by atomic mass is 10.2. The van der Waals surface area contributed by atoms with Crippen LogP contribution in [0.3, 0.4) is 0 Å². The second kappa shape index (κ2) is 5.31. The number of nitrogens with zero attached hydrogens (tertiary/aromatic N) is 1. The molecule has 4 nitrogen and oxygen atoms in total. The summed E-state index contributed by atoms with van der Waals surface area (Å²) in [6, 6.07) is 5.54. The molecule has 86 valence electrons. The van der Waals surface area contributed by atoms with Crippen LogP contribution in [-0.4, -0.2) is 20.7 Å². The van der Waals surface area contributed by atoms with Crippen LogP contribution >= 0.6 is 27.7 Å². The van der Waals surface area contributed by atoms with Crippen molar-refractivity contribution in [3.8, 4) is 0 Å². The van der Waals surface area contributed by atoms with Gasteiger partial charge in [-0.05, 0) is 22.0 Å². The zero-order chi connectivity index (χ0) is 11.5. The summed E-state index contributed by atoms with van der Waals surface area (Å²) in [7, 11) is 0. The maximum absolute atomic E-state index is 10.7. The van der Waals surface area contributed by atoms with Gasteiger partial charge >= 0.3 is 0 Å². The predicted molar refractivity (Wildman–Crippen MR) is 70.4 cm³/mol. The minimum absolute atomic E-state index is 0.0245. The molecule has 0 spiro atoms. The summed E-state index contributed by atoms with van der Waals surface area (Å²) in [5.41, 5.74) is 1.43. The number of halogens is 1. The molecule has 1 N–H and O–H groups in total. The zero-order valence-electron chi connectivity index (χ0n) is 8.05. The van der Waals surface area contributed by atoms with Gasteiger partial charge in [0, 0.05) is 33.3 Å². The van der Waals surface area contributed by atoms with Crippen molar-refractivity contribution >= 4 is 50.9 Å². The molecule has 0 radical (unpaired) electrons. The molecule has 0 amide bonds. The largest absolute Gasteiger partial charge is 0.755 e. The van der Waals surface area contributed by atoms with E-state index in [0.717, 1.165) is 15.8 Å². The molecule has 0 saturated carbocycles. The van der Waals surface area contributed by atoms with E-state index in [2.05, 4.69) is 25.6 Å². The molecule has 2 unspecified atom stereocenters. The minimum Gasteiger partial charge on any atom is -0.755 e. The lowest BCUT2D eigenvalue weighted by Gasteiger charge is -2.17. The number of nitrogens with one attached hydrogen (secondary N) is 1. The number of thioether (sulfide) groups is 1. The molecular weight excluding hydrogens is 312 g/mol. The molecule has 0 aliphatic carbocycles. The van der Waals surface area contributed by atoms with Gasteiger partial charge in [0.2, 0.25) is 0 Å². The summed E-state index contributed by atoms with van der Waals surface area (Å²) < 4.78 is 24.5. The molecule has 16 heavy (non-hydrogen) atoms. The van der Waals surface area contributed by atoms with E-state index in [0.29, 0.717) is 5.69 Å². The second-order valence-electron chi connectivity index (χ2n) is 3.06. The van der Waals surface area contributed by atoms with E-state index in [-0.39, 0.29) is 5.37 Å². The molecule has 1 heterocycles. The van der Waals surface area contributed by atoms with Gasteiger partial charge in [0.15, 0.2) is 0 Å². The minimum atomic E-state index is -2.33. The van der Waals surface area contributed by atoms with E-state index in [1.165, 1.54) is 0 Å². The summed E-state index contributed by atoms with van der Waals surface area (Å²) in [5, 5.41) is -0.0245. The predicted octanol–water partition coefficient (Wildman–Crippen LogP) is 2.47. The van der Waals surface area contributed by atoms with Gasteiger partial charge in [0.1, 0.15) is 5.37 Å². The van der Waals surface area contributed by atoms with E-state index in [9.17, 15) is 8.76 Å². The van der Waals surface area contributed by atoms with Gasteiger partial charge in [0.05, 0.1) is 5.69 Å². The van der Waals surface area contributed by atoms with E-state index >= 15 is 0 Å². The highest BCUT2D eigenvalue weighted by atomic mass is 79.9. The van der Waals surface area contributed by atoms with Crippen LogP contribution in [0.2, 0.25) is 0 Å². The maximum Gasteiger partial charge on any atom is 0.122 e. The Labute approximate surface area is 108 Å². The smallest absolute Gasteiger partial charge is 0.122 e. The average molecular weight is 320 g/mol. The van der Waals surface area contributed by atoms with Crippen LogP contribution in [0.5, 0.6) is 0 Å².